The minimum atomic E-state index is 0.772. The van der Waals surface area contributed by atoms with Crippen LogP contribution in [0.15, 0.2) is 85.1 Å². The summed E-state index contributed by atoms with van der Waals surface area (Å²) in [5.74, 6) is 0.996. The summed E-state index contributed by atoms with van der Waals surface area (Å²) in [4.78, 5) is 0. The Hall–Kier alpha value is -3.07. The molecule has 23 heavy (non-hydrogen) atoms. The smallest absolute Gasteiger partial charge is 0.129 e. The fourth-order valence-corrected chi connectivity index (χ4v) is 2.75. The van der Waals surface area contributed by atoms with Gasteiger partial charge in [0.15, 0.2) is 0 Å². The second-order valence-electron chi connectivity index (χ2n) is 5.50. The molecule has 2 aromatic heterocycles. The van der Waals surface area contributed by atoms with E-state index in [9.17, 15) is 0 Å². The van der Waals surface area contributed by atoms with Crippen LogP contribution in [0.4, 0.5) is 5.82 Å². The fraction of sp³-hybridized carbons (Fsp3) is 0.0500. The molecule has 4 aromatic rings. The molecule has 0 aliphatic carbocycles. The normalized spacial score (nSPS) is 10.8. The Morgan fingerprint density at radius 3 is 2.30 bits per heavy atom. The van der Waals surface area contributed by atoms with Crippen LogP contribution in [0.3, 0.4) is 0 Å². The summed E-state index contributed by atoms with van der Waals surface area (Å²) in [6.07, 6.45) is 1.83. The van der Waals surface area contributed by atoms with Gasteiger partial charge in [0.05, 0.1) is 11.7 Å². The van der Waals surface area contributed by atoms with E-state index in [0.29, 0.717) is 0 Å². The van der Waals surface area contributed by atoms with Crippen molar-refractivity contribution < 1.29 is 0 Å². The fourth-order valence-electron chi connectivity index (χ4n) is 2.75. The molecule has 2 heterocycles. The van der Waals surface area contributed by atoms with Gasteiger partial charge in [0.1, 0.15) is 5.82 Å². The number of nitrogens with zero attached hydrogens (tertiary/aromatic N) is 2. The van der Waals surface area contributed by atoms with Crippen LogP contribution >= 0.6 is 0 Å². The van der Waals surface area contributed by atoms with E-state index in [0.717, 1.165) is 17.9 Å². The predicted molar refractivity (Wildman–Crippen MR) is 94.4 cm³/mol. The van der Waals surface area contributed by atoms with Crippen LogP contribution in [0, 0.1) is 0 Å². The lowest BCUT2D eigenvalue weighted by Gasteiger charge is -2.11. The molecule has 1 N–H and O–H groups in total. The van der Waals surface area contributed by atoms with Crippen LogP contribution in [-0.4, -0.2) is 9.61 Å². The average Bonchev–Trinajstić information content (AvgIpc) is 3.10. The largest absolute Gasteiger partial charge is 0.366 e. The molecule has 2 aromatic carbocycles. The average molecular weight is 299 g/mol. The van der Waals surface area contributed by atoms with Crippen molar-refractivity contribution in [2.24, 2.45) is 0 Å². The molecule has 0 saturated heterocycles. The van der Waals surface area contributed by atoms with E-state index in [1.165, 1.54) is 16.7 Å². The Morgan fingerprint density at radius 1 is 0.783 bits per heavy atom. The number of anilines is 1. The first kappa shape index (κ1) is 13.6. The molecule has 3 nitrogen and oxygen atoms in total. The number of aromatic nitrogens is 2. The second-order valence-corrected chi connectivity index (χ2v) is 5.50. The molecule has 0 aliphatic heterocycles. The predicted octanol–water partition coefficient (Wildman–Crippen LogP) is 4.61. The van der Waals surface area contributed by atoms with Gasteiger partial charge < -0.3 is 5.32 Å². The summed E-state index contributed by atoms with van der Waals surface area (Å²) < 4.78 is 1.94. The van der Waals surface area contributed by atoms with E-state index in [2.05, 4.69) is 71.1 Å². The van der Waals surface area contributed by atoms with Crippen LogP contribution in [-0.2, 0) is 6.54 Å². The number of hydrogen-bond acceptors (Lipinski definition) is 2. The topological polar surface area (TPSA) is 29.3 Å². The zero-order valence-corrected chi connectivity index (χ0v) is 12.7. The third kappa shape index (κ3) is 2.81. The lowest BCUT2D eigenvalue weighted by atomic mass is 10.1. The number of hydrogen-bond donors (Lipinski definition) is 1. The zero-order valence-electron chi connectivity index (χ0n) is 12.7. The Bertz CT molecular complexity index is 911. The molecule has 0 fully saturated rings. The molecule has 112 valence electrons. The van der Waals surface area contributed by atoms with Gasteiger partial charge in [-0.1, -0.05) is 60.7 Å². The molecule has 0 radical (unpaired) electrons. The van der Waals surface area contributed by atoms with Crippen LogP contribution in [0.25, 0.3) is 16.6 Å². The molecular weight excluding hydrogens is 282 g/mol. The summed E-state index contributed by atoms with van der Waals surface area (Å²) >= 11 is 0. The van der Waals surface area contributed by atoms with E-state index in [1.54, 1.807) is 0 Å². The van der Waals surface area contributed by atoms with E-state index in [1.807, 2.05) is 28.9 Å². The SMILES string of the molecule is c1ccc(CNc2cc(-c3ccccc3)cc3ccnn23)cc1. The van der Waals surface area contributed by atoms with Crippen molar-refractivity contribution in [3.8, 4) is 11.1 Å². The Labute approximate surface area is 135 Å². The first-order chi connectivity index (χ1) is 11.4. The van der Waals surface area contributed by atoms with Crippen molar-refractivity contribution in [2.75, 3.05) is 5.32 Å². The molecule has 0 spiro atoms. The van der Waals surface area contributed by atoms with E-state index in [-0.39, 0.29) is 0 Å². The van der Waals surface area contributed by atoms with Gasteiger partial charge in [-0.25, -0.2) is 4.52 Å². The van der Waals surface area contributed by atoms with Gasteiger partial charge in [-0.05, 0) is 34.9 Å². The molecule has 0 bridgehead atoms. The minimum absolute atomic E-state index is 0.772. The van der Waals surface area contributed by atoms with Gasteiger partial charge in [0.25, 0.3) is 0 Å². The number of pyridine rings is 1. The molecule has 0 aliphatic rings. The summed E-state index contributed by atoms with van der Waals surface area (Å²) in [7, 11) is 0. The second kappa shape index (κ2) is 5.97. The number of benzene rings is 2. The van der Waals surface area contributed by atoms with Crippen LogP contribution in [0.1, 0.15) is 5.56 Å². The minimum Gasteiger partial charge on any atom is -0.366 e. The van der Waals surface area contributed by atoms with Crippen molar-refractivity contribution in [2.45, 2.75) is 6.54 Å². The Morgan fingerprint density at radius 2 is 1.52 bits per heavy atom. The maximum absolute atomic E-state index is 4.42. The Balaban J connectivity index is 1.71. The van der Waals surface area contributed by atoms with Crippen molar-refractivity contribution in [3.05, 3.63) is 90.6 Å². The Kier molecular flexibility index (Phi) is 3.53. The van der Waals surface area contributed by atoms with Gasteiger partial charge in [-0.15, -0.1) is 0 Å². The summed E-state index contributed by atoms with van der Waals surface area (Å²) in [6, 6.07) is 27.1. The molecule has 0 saturated carbocycles. The summed E-state index contributed by atoms with van der Waals surface area (Å²) in [5.41, 5.74) is 4.73. The van der Waals surface area contributed by atoms with Gasteiger partial charge >= 0.3 is 0 Å². The lowest BCUT2D eigenvalue weighted by molar-refractivity contribution is 0.944. The highest BCUT2D eigenvalue weighted by molar-refractivity contribution is 5.73. The third-order valence-corrected chi connectivity index (χ3v) is 3.92. The van der Waals surface area contributed by atoms with Crippen LogP contribution < -0.4 is 5.32 Å². The maximum atomic E-state index is 4.42. The van der Waals surface area contributed by atoms with Crippen molar-refractivity contribution in [1.82, 2.24) is 9.61 Å². The van der Waals surface area contributed by atoms with Gasteiger partial charge in [-0.3, -0.25) is 0 Å². The van der Waals surface area contributed by atoms with Crippen molar-refractivity contribution in [3.63, 3.8) is 0 Å². The van der Waals surface area contributed by atoms with Crippen molar-refractivity contribution >= 4 is 11.3 Å². The first-order valence-electron chi connectivity index (χ1n) is 7.71. The van der Waals surface area contributed by atoms with Crippen LogP contribution in [0.5, 0.6) is 0 Å². The maximum Gasteiger partial charge on any atom is 0.129 e. The monoisotopic (exact) mass is 299 g/mol. The standard InChI is InChI=1S/C20H17N3/c1-3-7-16(8-4-1)15-21-20-14-18(17-9-5-2-6-10-17)13-19-11-12-22-23(19)20/h1-14,21H,15H2. The quantitative estimate of drug-likeness (QED) is 0.596. The molecule has 0 unspecified atom stereocenters. The molecule has 0 atom stereocenters. The first-order valence-corrected chi connectivity index (χ1v) is 7.71. The molecule has 3 heteroatoms. The molecular formula is C20H17N3. The van der Waals surface area contributed by atoms with E-state index < -0.39 is 0 Å². The third-order valence-electron chi connectivity index (χ3n) is 3.92. The van der Waals surface area contributed by atoms with Gasteiger partial charge in [-0.2, -0.15) is 5.10 Å². The highest BCUT2D eigenvalue weighted by Crippen LogP contribution is 2.25. The van der Waals surface area contributed by atoms with Gasteiger partial charge in [0, 0.05) is 6.54 Å². The van der Waals surface area contributed by atoms with Gasteiger partial charge in [0.2, 0.25) is 0 Å². The number of nitrogens with one attached hydrogen (secondary N) is 1. The lowest BCUT2D eigenvalue weighted by Crippen LogP contribution is -2.05. The van der Waals surface area contributed by atoms with Crippen molar-refractivity contribution in [1.29, 1.82) is 0 Å². The summed E-state index contributed by atoms with van der Waals surface area (Å²) in [5, 5.41) is 7.92. The highest BCUT2D eigenvalue weighted by Gasteiger charge is 2.06. The van der Waals surface area contributed by atoms with Crippen LogP contribution in [0.2, 0.25) is 0 Å². The number of rotatable bonds is 4. The van der Waals surface area contributed by atoms with E-state index in [4.69, 9.17) is 0 Å². The summed E-state index contributed by atoms with van der Waals surface area (Å²) in [6.45, 7) is 0.772. The molecule has 4 rings (SSSR count). The van der Waals surface area contributed by atoms with E-state index >= 15 is 0 Å². The number of fused-ring (bicyclic) bond motifs is 1. The highest BCUT2D eigenvalue weighted by atomic mass is 15.3. The zero-order chi connectivity index (χ0) is 15.5. The molecule has 0 amide bonds.